The average Bonchev–Trinajstić information content (AvgIpc) is 2.95. The highest BCUT2D eigenvalue weighted by Gasteiger charge is 2.15. The lowest BCUT2D eigenvalue weighted by molar-refractivity contribution is 0.0772. The molecule has 0 spiro atoms. The molecule has 0 radical (unpaired) electrons. The first-order chi connectivity index (χ1) is 10.5. The van der Waals surface area contributed by atoms with Gasteiger partial charge in [-0.05, 0) is 39.0 Å². The van der Waals surface area contributed by atoms with Gasteiger partial charge in [0.05, 0.1) is 5.69 Å². The molecule has 0 saturated heterocycles. The van der Waals surface area contributed by atoms with E-state index in [1.807, 2.05) is 13.8 Å². The first-order valence-corrected chi connectivity index (χ1v) is 7.19. The minimum atomic E-state index is -0.395. The molecule has 0 fully saturated rings. The smallest absolute Gasteiger partial charge is 0.294 e. The Bertz CT molecular complexity index is 675. The van der Waals surface area contributed by atoms with Crippen molar-refractivity contribution in [2.75, 3.05) is 18.4 Å². The van der Waals surface area contributed by atoms with Gasteiger partial charge >= 0.3 is 0 Å². The van der Waals surface area contributed by atoms with E-state index in [-0.39, 0.29) is 11.7 Å². The molecule has 0 aliphatic rings. The Hall–Kier alpha value is -2.63. The van der Waals surface area contributed by atoms with Gasteiger partial charge in [-0.2, -0.15) is 0 Å². The van der Waals surface area contributed by atoms with E-state index in [9.17, 15) is 9.59 Å². The summed E-state index contributed by atoms with van der Waals surface area (Å²) in [6.45, 7) is 6.88. The summed E-state index contributed by atoms with van der Waals surface area (Å²) in [5.41, 5.74) is 1.71. The zero-order chi connectivity index (χ0) is 16.1. The van der Waals surface area contributed by atoms with Crippen LogP contribution in [-0.4, -0.2) is 35.0 Å². The molecule has 0 unspecified atom stereocenters. The number of carbonyl (C=O) groups is 2. The fourth-order valence-electron chi connectivity index (χ4n) is 2.09. The first kappa shape index (κ1) is 15.8. The third-order valence-corrected chi connectivity index (χ3v) is 3.27. The van der Waals surface area contributed by atoms with E-state index in [4.69, 9.17) is 4.52 Å². The van der Waals surface area contributed by atoms with Crippen molar-refractivity contribution in [3.8, 4) is 0 Å². The normalized spacial score (nSPS) is 10.3. The summed E-state index contributed by atoms with van der Waals surface area (Å²) in [5, 5.41) is 6.37. The molecule has 0 saturated carbocycles. The second kappa shape index (κ2) is 6.89. The lowest BCUT2D eigenvalue weighted by Crippen LogP contribution is -2.30. The molecule has 116 valence electrons. The van der Waals surface area contributed by atoms with Crippen LogP contribution in [0, 0.1) is 6.92 Å². The molecule has 2 amide bonds. The Kier molecular flexibility index (Phi) is 4.93. The second-order valence-corrected chi connectivity index (χ2v) is 4.84. The minimum absolute atomic E-state index is 0.0587. The number of hydrogen-bond donors (Lipinski definition) is 1. The Balaban J connectivity index is 2.15. The minimum Gasteiger partial charge on any atom is -0.351 e. The molecular weight excluding hydrogens is 282 g/mol. The van der Waals surface area contributed by atoms with Crippen LogP contribution in [0.1, 0.15) is 40.5 Å². The summed E-state index contributed by atoms with van der Waals surface area (Å²) < 4.78 is 4.91. The molecule has 22 heavy (non-hydrogen) atoms. The molecule has 0 bridgehead atoms. The predicted molar refractivity (Wildman–Crippen MR) is 82.9 cm³/mol. The molecule has 0 aliphatic heterocycles. The van der Waals surface area contributed by atoms with E-state index in [0.717, 1.165) is 0 Å². The maximum atomic E-state index is 12.3. The summed E-state index contributed by atoms with van der Waals surface area (Å²) in [6.07, 6.45) is 0. The largest absolute Gasteiger partial charge is 0.351 e. The fourth-order valence-corrected chi connectivity index (χ4v) is 2.09. The van der Waals surface area contributed by atoms with Gasteiger partial charge in [-0.3, -0.25) is 9.59 Å². The number of rotatable bonds is 5. The second-order valence-electron chi connectivity index (χ2n) is 4.84. The molecule has 0 atom stereocenters. The average molecular weight is 301 g/mol. The molecule has 1 aromatic heterocycles. The number of amides is 2. The van der Waals surface area contributed by atoms with Gasteiger partial charge in [0.15, 0.2) is 0 Å². The highest BCUT2D eigenvalue weighted by Crippen LogP contribution is 2.14. The van der Waals surface area contributed by atoms with Gasteiger partial charge in [0.2, 0.25) is 5.76 Å². The highest BCUT2D eigenvalue weighted by atomic mass is 16.5. The van der Waals surface area contributed by atoms with Crippen molar-refractivity contribution >= 4 is 17.5 Å². The maximum Gasteiger partial charge on any atom is 0.294 e. The molecule has 1 N–H and O–H groups in total. The van der Waals surface area contributed by atoms with Crippen LogP contribution in [0.4, 0.5) is 5.69 Å². The number of aryl methyl sites for hydroxylation is 1. The van der Waals surface area contributed by atoms with Crippen molar-refractivity contribution in [1.29, 1.82) is 0 Å². The van der Waals surface area contributed by atoms with E-state index < -0.39 is 5.91 Å². The van der Waals surface area contributed by atoms with Gasteiger partial charge in [-0.25, -0.2) is 0 Å². The molecule has 0 aliphatic carbocycles. The monoisotopic (exact) mass is 301 g/mol. The molecule has 2 rings (SSSR count). The molecule has 2 aromatic rings. The van der Waals surface area contributed by atoms with Crippen LogP contribution in [0.2, 0.25) is 0 Å². The van der Waals surface area contributed by atoms with Crippen molar-refractivity contribution in [1.82, 2.24) is 10.1 Å². The van der Waals surface area contributed by atoms with E-state index in [0.29, 0.717) is 30.0 Å². The van der Waals surface area contributed by atoms with Crippen LogP contribution >= 0.6 is 0 Å². The van der Waals surface area contributed by atoms with Gasteiger partial charge in [0.25, 0.3) is 11.8 Å². The highest BCUT2D eigenvalue weighted by molar-refractivity contribution is 6.03. The van der Waals surface area contributed by atoms with Crippen LogP contribution in [0.3, 0.4) is 0 Å². The predicted octanol–water partition coefficient (Wildman–Crippen LogP) is 2.72. The molecular formula is C16H19N3O3. The fraction of sp³-hybridized carbons (Fsp3) is 0.312. The molecule has 1 aromatic carbocycles. The topological polar surface area (TPSA) is 75.4 Å². The summed E-state index contributed by atoms with van der Waals surface area (Å²) in [4.78, 5) is 26.0. The van der Waals surface area contributed by atoms with Crippen molar-refractivity contribution < 1.29 is 14.1 Å². The van der Waals surface area contributed by atoms with E-state index in [1.54, 1.807) is 42.2 Å². The van der Waals surface area contributed by atoms with Crippen LogP contribution in [0.5, 0.6) is 0 Å². The molecule has 6 heteroatoms. The van der Waals surface area contributed by atoms with Gasteiger partial charge in [0, 0.05) is 30.4 Å². The number of nitrogens with one attached hydrogen (secondary N) is 1. The van der Waals surface area contributed by atoms with Gasteiger partial charge in [-0.15, -0.1) is 0 Å². The van der Waals surface area contributed by atoms with E-state index in [2.05, 4.69) is 10.5 Å². The Morgan fingerprint density at radius 1 is 1.23 bits per heavy atom. The number of aromatic nitrogens is 1. The third kappa shape index (κ3) is 3.52. The number of hydrogen-bond acceptors (Lipinski definition) is 4. The Morgan fingerprint density at radius 2 is 1.95 bits per heavy atom. The van der Waals surface area contributed by atoms with Crippen molar-refractivity contribution in [3.05, 3.63) is 47.3 Å². The van der Waals surface area contributed by atoms with Crippen molar-refractivity contribution in [3.63, 3.8) is 0 Å². The summed E-state index contributed by atoms with van der Waals surface area (Å²) >= 11 is 0. The summed E-state index contributed by atoms with van der Waals surface area (Å²) in [7, 11) is 0. The zero-order valence-electron chi connectivity index (χ0n) is 12.9. The van der Waals surface area contributed by atoms with E-state index >= 15 is 0 Å². The maximum absolute atomic E-state index is 12.3. The van der Waals surface area contributed by atoms with E-state index in [1.165, 1.54) is 0 Å². The lowest BCUT2D eigenvalue weighted by atomic mass is 10.1. The lowest BCUT2D eigenvalue weighted by Gasteiger charge is -2.18. The van der Waals surface area contributed by atoms with Crippen LogP contribution in [0.15, 0.2) is 34.9 Å². The van der Waals surface area contributed by atoms with Crippen molar-refractivity contribution in [2.45, 2.75) is 20.8 Å². The third-order valence-electron chi connectivity index (χ3n) is 3.27. The van der Waals surface area contributed by atoms with Crippen LogP contribution in [-0.2, 0) is 0 Å². The quantitative estimate of drug-likeness (QED) is 0.921. The molecule has 6 nitrogen and oxygen atoms in total. The number of anilines is 1. The standard InChI is InChI=1S/C16H19N3O3/c1-4-19(5-2)16(21)12-7-6-8-13(10-12)17-15(20)14-9-11(3)18-22-14/h6-10H,4-5H2,1-3H3,(H,17,20). The van der Waals surface area contributed by atoms with Gasteiger partial charge < -0.3 is 14.7 Å². The van der Waals surface area contributed by atoms with Crippen molar-refractivity contribution in [2.24, 2.45) is 0 Å². The zero-order valence-corrected chi connectivity index (χ0v) is 12.9. The first-order valence-electron chi connectivity index (χ1n) is 7.19. The summed E-state index contributed by atoms with van der Waals surface area (Å²) in [5.74, 6) is -0.317. The van der Waals surface area contributed by atoms with Gasteiger partial charge in [-0.1, -0.05) is 11.2 Å². The Morgan fingerprint density at radius 3 is 2.55 bits per heavy atom. The van der Waals surface area contributed by atoms with Gasteiger partial charge in [0.1, 0.15) is 0 Å². The number of carbonyl (C=O) groups excluding carboxylic acids is 2. The van der Waals surface area contributed by atoms with Crippen LogP contribution in [0.25, 0.3) is 0 Å². The number of benzene rings is 1. The SMILES string of the molecule is CCN(CC)C(=O)c1cccc(NC(=O)c2cc(C)no2)c1. The van der Waals surface area contributed by atoms with Crippen LogP contribution < -0.4 is 5.32 Å². The molecule has 1 heterocycles. The summed E-state index contributed by atoms with van der Waals surface area (Å²) in [6, 6.07) is 8.40. The number of nitrogens with zero attached hydrogens (tertiary/aromatic N) is 2. The Labute approximate surface area is 129 Å².